The molecule has 9 nitrogen and oxygen atoms in total. The van der Waals surface area contributed by atoms with Crippen molar-refractivity contribution in [3.05, 3.63) is 68.0 Å². The fraction of sp³-hybridized carbons (Fsp3) is 0.188. The van der Waals surface area contributed by atoms with E-state index in [9.17, 15) is 14.4 Å². The number of aromatic nitrogens is 5. The first-order valence-corrected chi connectivity index (χ1v) is 7.94. The molecule has 0 spiro atoms. The third-order valence-corrected chi connectivity index (χ3v) is 4.07. The van der Waals surface area contributed by atoms with Crippen LogP contribution in [0, 0.1) is 6.92 Å². The lowest BCUT2D eigenvalue weighted by atomic mass is 10.3. The van der Waals surface area contributed by atoms with E-state index in [4.69, 9.17) is 11.6 Å². The molecule has 1 amide bonds. The van der Waals surface area contributed by atoms with Crippen LogP contribution in [-0.4, -0.2) is 29.8 Å². The van der Waals surface area contributed by atoms with Crippen molar-refractivity contribution in [2.24, 2.45) is 14.1 Å². The Kier molecular flexibility index (Phi) is 4.47. The number of amides is 1. The third kappa shape index (κ3) is 3.04. The SMILES string of the molecule is Cc1nc(C(=O)Nc2cn(C)c(=O)n(C)c2=O)nn1-c1ccccc1Cl. The molecule has 3 aromatic rings. The molecule has 2 heterocycles. The third-order valence-electron chi connectivity index (χ3n) is 3.75. The zero-order valence-corrected chi connectivity index (χ0v) is 15.0. The van der Waals surface area contributed by atoms with Crippen LogP contribution >= 0.6 is 11.6 Å². The summed E-state index contributed by atoms with van der Waals surface area (Å²) in [6, 6.07) is 7.01. The molecule has 0 saturated carbocycles. The molecule has 26 heavy (non-hydrogen) atoms. The van der Waals surface area contributed by atoms with Crippen LogP contribution in [0.15, 0.2) is 40.1 Å². The van der Waals surface area contributed by atoms with Crippen molar-refractivity contribution in [3.8, 4) is 5.69 Å². The van der Waals surface area contributed by atoms with Gasteiger partial charge in [-0.25, -0.2) is 14.5 Å². The summed E-state index contributed by atoms with van der Waals surface area (Å²) in [5, 5.41) is 7.06. The normalized spacial score (nSPS) is 10.8. The number of nitrogens with zero attached hydrogens (tertiary/aromatic N) is 5. The van der Waals surface area contributed by atoms with Gasteiger partial charge in [-0.1, -0.05) is 23.7 Å². The summed E-state index contributed by atoms with van der Waals surface area (Å²) in [4.78, 5) is 40.4. The quantitative estimate of drug-likeness (QED) is 0.732. The number of anilines is 1. The van der Waals surface area contributed by atoms with E-state index >= 15 is 0 Å². The second kappa shape index (κ2) is 6.60. The second-order valence-corrected chi connectivity index (χ2v) is 6.01. The molecular formula is C16H15ClN6O3. The van der Waals surface area contributed by atoms with Crippen LogP contribution in [0.25, 0.3) is 5.69 Å². The molecule has 0 aliphatic rings. The molecule has 1 N–H and O–H groups in total. The predicted octanol–water partition coefficient (Wildman–Crippen LogP) is 0.879. The summed E-state index contributed by atoms with van der Waals surface area (Å²) in [7, 11) is 2.81. The van der Waals surface area contributed by atoms with Crippen molar-refractivity contribution < 1.29 is 4.79 Å². The number of carbonyl (C=O) groups excluding carboxylic acids is 1. The largest absolute Gasteiger partial charge is 0.330 e. The molecule has 0 atom stereocenters. The zero-order chi connectivity index (χ0) is 19.0. The van der Waals surface area contributed by atoms with Gasteiger partial charge in [0.05, 0.1) is 10.7 Å². The molecule has 1 aromatic carbocycles. The molecule has 0 aliphatic heterocycles. The van der Waals surface area contributed by atoms with Gasteiger partial charge in [0.15, 0.2) is 0 Å². The van der Waals surface area contributed by atoms with Crippen molar-refractivity contribution in [2.45, 2.75) is 6.92 Å². The maximum absolute atomic E-state index is 12.4. The lowest BCUT2D eigenvalue weighted by Crippen LogP contribution is -2.38. The Morgan fingerprint density at radius 2 is 1.88 bits per heavy atom. The zero-order valence-electron chi connectivity index (χ0n) is 14.2. The van der Waals surface area contributed by atoms with Crippen molar-refractivity contribution in [3.63, 3.8) is 0 Å². The van der Waals surface area contributed by atoms with Crippen molar-refractivity contribution >= 4 is 23.2 Å². The predicted molar refractivity (Wildman–Crippen MR) is 96.0 cm³/mol. The number of halogens is 1. The van der Waals surface area contributed by atoms with E-state index in [1.807, 2.05) is 0 Å². The highest BCUT2D eigenvalue weighted by molar-refractivity contribution is 6.32. The first-order chi connectivity index (χ1) is 12.3. The molecular weight excluding hydrogens is 360 g/mol. The second-order valence-electron chi connectivity index (χ2n) is 5.60. The minimum Gasteiger partial charge on any atom is -0.313 e. The summed E-state index contributed by atoms with van der Waals surface area (Å²) < 4.78 is 3.53. The first kappa shape index (κ1) is 17.6. The van der Waals surface area contributed by atoms with E-state index in [0.717, 1.165) is 4.57 Å². The maximum Gasteiger partial charge on any atom is 0.330 e. The van der Waals surface area contributed by atoms with Crippen LogP contribution in [0.4, 0.5) is 5.69 Å². The van der Waals surface area contributed by atoms with Gasteiger partial charge < -0.3 is 9.88 Å². The molecule has 0 bridgehead atoms. The summed E-state index contributed by atoms with van der Waals surface area (Å²) >= 11 is 6.15. The Bertz CT molecular complexity index is 1130. The lowest BCUT2D eigenvalue weighted by molar-refractivity contribution is 0.101. The van der Waals surface area contributed by atoms with Crippen LogP contribution in [-0.2, 0) is 14.1 Å². The number of aryl methyl sites for hydroxylation is 2. The van der Waals surface area contributed by atoms with Gasteiger partial charge in [-0.05, 0) is 19.1 Å². The highest BCUT2D eigenvalue weighted by Gasteiger charge is 2.18. The maximum atomic E-state index is 12.4. The smallest absolute Gasteiger partial charge is 0.313 e. The highest BCUT2D eigenvalue weighted by atomic mass is 35.5. The summed E-state index contributed by atoms with van der Waals surface area (Å²) in [6.07, 6.45) is 1.25. The fourth-order valence-corrected chi connectivity index (χ4v) is 2.63. The molecule has 0 unspecified atom stereocenters. The van der Waals surface area contributed by atoms with Gasteiger partial charge in [0.1, 0.15) is 11.5 Å². The number of rotatable bonds is 3. The lowest BCUT2D eigenvalue weighted by Gasteiger charge is -2.07. The Morgan fingerprint density at radius 3 is 2.58 bits per heavy atom. The highest BCUT2D eigenvalue weighted by Crippen LogP contribution is 2.20. The number of carbonyl (C=O) groups is 1. The monoisotopic (exact) mass is 374 g/mol. The van der Waals surface area contributed by atoms with Crippen molar-refractivity contribution in [1.82, 2.24) is 23.9 Å². The van der Waals surface area contributed by atoms with Gasteiger partial charge in [0.2, 0.25) is 5.82 Å². The van der Waals surface area contributed by atoms with E-state index < -0.39 is 17.2 Å². The van der Waals surface area contributed by atoms with E-state index in [2.05, 4.69) is 15.4 Å². The Hall–Kier alpha value is -3.20. The van der Waals surface area contributed by atoms with Crippen LogP contribution in [0.2, 0.25) is 5.02 Å². The Balaban J connectivity index is 1.96. The van der Waals surface area contributed by atoms with Crippen molar-refractivity contribution in [1.29, 1.82) is 0 Å². The van der Waals surface area contributed by atoms with Crippen LogP contribution < -0.4 is 16.6 Å². The van der Waals surface area contributed by atoms with E-state index in [-0.39, 0.29) is 11.5 Å². The van der Waals surface area contributed by atoms with Gasteiger partial charge in [-0.15, -0.1) is 5.10 Å². The first-order valence-electron chi connectivity index (χ1n) is 7.56. The molecule has 3 rings (SSSR count). The Morgan fingerprint density at radius 1 is 1.19 bits per heavy atom. The van der Waals surface area contributed by atoms with Crippen LogP contribution in [0.1, 0.15) is 16.4 Å². The standard InChI is InChI=1S/C16H15ClN6O3/c1-9-18-13(20-23(9)12-7-5-4-6-10(12)17)14(24)19-11-8-21(2)16(26)22(3)15(11)25/h4-8H,1-3H3,(H,19,24). The van der Waals surface area contributed by atoms with Gasteiger partial charge >= 0.3 is 5.69 Å². The van der Waals surface area contributed by atoms with Crippen LogP contribution in [0.3, 0.4) is 0 Å². The molecule has 0 radical (unpaired) electrons. The van der Waals surface area contributed by atoms with E-state index in [1.54, 1.807) is 31.2 Å². The summed E-state index contributed by atoms with van der Waals surface area (Å²) in [5.41, 5.74) is -0.587. The molecule has 0 saturated heterocycles. The van der Waals surface area contributed by atoms with Crippen LogP contribution in [0.5, 0.6) is 0 Å². The topological polar surface area (TPSA) is 104 Å². The average molecular weight is 375 g/mol. The molecule has 10 heteroatoms. The van der Waals surface area contributed by atoms with Gasteiger partial charge in [0.25, 0.3) is 11.5 Å². The number of benzene rings is 1. The van der Waals surface area contributed by atoms with Gasteiger partial charge in [-0.2, -0.15) is 0 Å². The minimum absolute atomic E-state index is 0.0497. The van der Waals surface area contributed by atoms with Crippen molar-refractivity contribution in [2.75, 3.05) is 5.32 Å². The van der Waals surface area contributed by atoms with Gasteiger partial charge in [-0.3, -0.25) is 14.2 Å². The molecule has 134 valence electrons. The number of hydrogen-bond acceptors (Lipinski definition) is 5. The molecule has 0 aliphatic carbocycles. The minimum atomic E-state index is -0.672. The number of nitrogens with one attached hydrogen (secondary N) is 1. The van der Waals surface area contributed by atoms with Gasteiger partial charge in [0, 0.05) is 20.3 Å². The number of para-hydroxylation sites is 1. The average Bonchev–Trinajstić information content (AvgIpc) is 3.00. The van der Waals surface area contributed by atoms with E-state index in [1.165, 1.54) is 29.5 Å². The Labute approximate surface area is 152 Å². The summed E-state index contributed by atoms with van der Waals surface area (Å²) in [5.74, 6) is -0.343. The molecule has 0 fully saturated rings. The van der Waals surface area contributed by atoms with E-state index in [0.29, 0.717) is 16.5 Å². The number of hydrogen-bond donors (Lipinski definition) is 1. The molecule has 2 aromatic heterocycles. The summed E-state index contributed by atoms with van der Waals surface area (Å²) in [6.45, 7) is 1.68. The fourth-order valence-electron chi connectivity index (χ4n) is 2.41.